The molecule has 0 spiro atoms. The van der Waals surface area contributed by atoms with E-state index >= 15 is 0 Å². The fourth-order valence-electron chi connectivity index (χ4n) is 5.19. The second-order valence-corrected chi connectivity index (χ2v) is 11.2. The van der Waals surface area contributed by atoms with E-state index in [1.54, 1.807) is 69.0 Å². The van der Waals surface area contributed by atoms with Crippen LogP contribution in [-0.2, 0) is 9.47 Å². The van der Waals surface area contributed by atoms with Crippen LogP contribution in [0.4, 0.5) is 26.7 Å². The number of benzene rings is 3. The number of carbonyl (C=O) groups excluding carboxylic acids is 2. The number of nitrogens with two attached hydrogens (primary N) is 1. The van der Waals surface area contributed by atoms with Crippen molar-refractivity contribution in [1.82, 2.24) is 15.1 Å². The molecule has 53 heavy (non-hydrogen) atoms. The van der Waals surface area contributed by atoms with Crippen molar-refractivity contribution in [3.05, 3.63) is 110 Å². The topological polar surface area (TPSA) is 243 Å². The number of hydrogen-bond acceptors (Lipinski definition) is 13. The van der Waals surface area contributed by atoms with E-state index in [2.05, 4.69) is 10.3 Å². The second kappa shape index (κ2) is 21.6. The molecule has 0 fully saturated rings. The standard InChI is InChI=1S/C13H15N3O4.C13H17N3O2.C10H11N3O2/c1-3-20-13(17)15(9-8-14)10(2)11-6-4-5-7-12(11)16(18)19;1-3-18-13(17)16-8-12(14)15-11-7-5-4-6-10(11)9(16)2;1-8(12-7-6-11)9-4-2-3-5-10(9)13(14)15/h4-7,10H,3,9H2,1-2H3;4-7,9H,3,8H2,1-2H3,(H2,14,15);2-5,8,12H,7H2,1H3. The van der Waals surface area contributed by atoms with Crippen LogP contribution >= 0.6 is 0 Å². The lowest BCUT2D eigenvalue weighted by Crippen LogP contribution is -2.39. The van der Waals surface area contributed by atoms with Gasteiger partial charge in [0.2, 0.25) is 0 Å². The number of carbonyl (C=O) groups is 2. The molecule has 1 aliphatic rings. The number of rotatable bonds is 10. The highest BCUT2D eigenvalue weighted by Gasteiger charge is 2.29. The molecule has 0 saturated carbocycles. The number of nitrogens with one attached hydrogen (secondary N) is 1. The summed E-state index contributed by atoms with van der Waals surface area (Å²) in [6.07, 6.45) is -1.03. The van der Waals surface area contributed by atoms with E-state index in [-0.39, 0.29) is 55.8 Å². The summed E-state index contributed by atoms with van der Waals surface area (Å²) in [5.41, 5.74) is 8.57. The van der Waals surface area contributed by atoms with Gasteiger partial charge in [-0.3, -0.25) is 35.3 Å². The van der Waals surface area contributed by atoms with Gasteiger partial charge in [-0.2, -0.15) is 10.5 Å². The third kappa shape index (κ3) is 12.3. The third-order valence-corrected chi connectivity index (χ3v) is 7.83. The highest BCUT2D eigenvalue weighted by Crippen LogP contribution is 2.32. The van der Waals surface area contributed by atoms with Gasteiger partial charge in [-0.25, -0.2) is 14.6 Å². The molecule has 3 unspecified atom stereocenters. The number of ether oxygens (including phenoxy) is 2. The minimum Gasteiger partial charge on any atom is -0.450 e. The molecule has 4 rings (SSSR count). The number of amidine groups is 1. The first kappa shape index (κ1) is 42.6. The average molecular weight is 730 g/mol. The van der Waals surface area contributed by atoms with Gasteiger partial charge in [-0.15, -0.1) is 0 Å². The maximum Gasteiger partial charge on any atom is 0.411 e. The van der Waals surface area contributed by atoms with Crippen molar-refractivity contribution < 1.29 is 28.9 Å². The van der Waals surface area contributed by atoms with Gasteiger partial charge in [0.1, 0.15) is 12.4 Å². The molecule has 17 nitrogen and oxygen atoms in total. The van der Waals surface area contributed by atoms with E-state index in [9.17, 15) is 29.8 Å². The van der Waals surface area contributed by atoms with Crippen LogP contribution in [0.15, 0.2) is 77.8 Å². The Kier molecular flexibility index (Phi) is 17.3. The lowest BCUT2D eigenvalue weighted by atomic mass is 10.1. The second-order valence-electron chi connectivity index (χ2n) is 11.2. The number of nitro benzene ring substituents is 2. The fourth-order valence-corrected chi connectivity index (χ4v) is 5.19. The highest BCUT2D eigenvalue weighted by molar-refractivity contribution is 5.89. The molecule has 3 aromatic carbocycles. The quantitative estimate of drug-likeness (QED) is 0.127. The van der Waals surface area contributed by atoms with Gasteiger partial charge in [-0.1, -0.05) is 54.6 Å². The number of amides is 2. The Hall–Kier alpha value is -6.59. The Morgan fingerprint density at radius 1 is 0.943 bits per heavy atom. The molecule has 17 heteroatoms. The number of hydrogen-bond donors (Lipinski definition) is 2. The SMILES string of the molecule is CC(NCC#N)c1ccccc1[N+](=O)[O-].CCOC(=O)N(CC#N)C(C)c1ccccc1[N+](=O)[O-].CCOC(=O)N1CC(N)=Nc2ccccc2C1C. The fraction of sp³-hybridized carbons (Fsp3) is 0.361. The molecule has 3 aromatic rings. The first-order chi connectivity index (χ1) is 25.3. The third-order valence-electron chi connectivity index (χ3n) is 7.83. The van der Waals surface area contributed by atoms with Crippen molar-refractivity contribution in [2.24, 2.45) is 10.7 Å². The monoisotopic (exact) mass is 729 g/mol. The molecule has 1 heterocycles. The maximum atomic E-state index is 11.9. The van der Waals surface area contributed by atoms with Crippen molar-refractivity contribution >= 4 is 35.1 Å². The Balaban J connectivity index is 0.000000278. The van der Waals surface area contributed by atoms with Crippen LogP contribution in [0.3, 0.4) is 0 Å². The summed E-state index contributed by atoms with van der Waals surface area (Å²) in [7, 11) is 0. The molecule has 0 bridgehead atoms. The van der Waals surface area contributed by atoms with E-state index in [0.29, 0.717) is 23.6 Å². The molecule has 2 amide bonds. The summed E-state index contributed by atoms with van der Waals surface area (Å²) in [4.78, 5) is 51.6. The van der Waals surface area contributed by atoms with Gasteiger partial charge in [0.05, 0.1) is 71.6 Å². The van der Waals surface area contributed by atoms with Crippen LogP contribution in [0.5, 0.6) is 0 Å². The molecule has 3 atom stereocenters. The van der Waals surface area contributed by atoms with Gasteiger partial charge in [0.15, 0.2) is 0 Å². The van der Waals surface area contributed by atoms with Crippen LogP contribution in [0.25, 0.3) is 0 Å². The minimum absolute atomic E-state index is 0.0791. The Bertz CT molecular complexity index is 1840. The molecule has 0 saturated heterocycles. The highest BCUT2D eigenvalue weighted by atomic mass is 16.6. The van der Waals surface area contributed by atoms with Crippen molar-refractivity contribution in [2.45, 2.75) is 52.7 Å². The zero-order valence-corrected chi connectivity index (χ0v) is 30.2. The zero-order valence-electron chi connectivity index (χ0n) is 30.2. The predicted molar refractivity (Wildman–Crippen MR) is 196 cm³/mol. The number of nitro groups is 2. The van der Waals surface area contributed by atoms with Crippen LogP contribution in [-0.4, -0.2) is 70.5 Å². The van der Waals surface area contributed by atoms with Crippen LogP contribution in [0, 0.1) is 42.9 Å². The lowest BCUT2D eigenvalue weighted by molar-refractivity contribution is -0.386. The van der Waals surface area contributed by atoms with Crippen molar-refractivity contribution in [3.8, 4) is 12.1 Å². The lowest BCUT2D eigenvalue weighted by Gasteiger charge is -2.26. The van der Waals surface area contributed by atoms with Crippen LogP contribution < -0.4 is 11.1 Å². The van der Waals surface area contributed by atoms with Crippen LogP contribution in [0.1, 0.15) is 69.4 Å². The smallest absolute Gasteiger partial charge is 0.411 e. The minimum atomic E-state index is -0.667. The van der Waals surface area contributed by atoms with Crippen molar-refractivity contribution in [2.75, 3.05) is 32.8 Å². The van der Waals surface area contributed by atoms with E-state index in [0.717, 1.165) is 16.2 Å². The van der Waals surface area contributed by atoms with E-state index < -0.39 is 22.0 Å². The first-order valence-electron chi connectivity index (χ1n) is 16.5. The van der Waals surface area contributed by atoms with E-state index in [1.165, 1.54) is 12.1 Å². The number of nitrogens with zero attached hydrogens (tertiary/aromatic N) is 7. The van der Waals surface area contributed by atoms with Gasteiger partial charge < -0.3 is 15.2 Å². The molecular formula is C36H43N9O8. The number of fused-ring (bicyclic) bond motifs is 1. The normalized spacial score (nSPS) is 13.9. The Morgan fingerprint density at radius 2 is 1.49 bits per heavy atom. The summed E-state index contributed by atoms with van der Waals surface area (Å²) < 4.78 is 9.91. The summed E-state index contributed by atoms with van der Waals surface area (Å²) >= 11 is 0. The molecule has 1 aliphatic heterocycles. The largest absolute Gasteiger partial charge is 0.450 e. The van der Waals surface area contributed by atoms with Gasteiger partial charge in [0, 0.05) is 29.3 Å². The van der Waals surface area contributed by atoms with Gasteiger partial charge in [0.25, 0.3) is 11.4 Å². The van der Waals surface area contributed by atoms with Crippen molar-refractivity contribution in [3.63, 3.8) is 0 Å². The van der Waals surface area contributed by atoms with E-state index in [1.807, 2.05) is 43.3 Å². The zero-order chi connectivity index (χ0) is 39.5. The average Bonchev–Trinajstić information content (AvgIpc) is 3.28. The summed E-state index contributed by atoms with van der Waals surface area (Å²) in [5, 5.41) is 41.8. The van der Waals surface area contributed by atoms with Crippen molar-refractivity contribution in [1.29, 1.82) is 10.5 Å². The summed E-state index contributed by atoms with van der Waals surface area (Å²) in [6, 6.07) is 23.2. The molecule has 0 aliphatic carbocycles. The summed E-state index contributed by atoms with van der Waals surface area (Å²) in [6.45, 7) is 9.57. The molecule has 280 valence electrons. The molecule has 0 radical (unpaired) electrons. The van der Waals surface area contributed by atoms with Gasteiger partial charge >= 0.3 is 12.2 Å². The number of aliphatic imine (C=N–C) groups is 1. The first-order valence-corrected chi connectivity index (χ1v) is 16.5. The van der Waals surface area contributed by atoms with Crippen LogP contribution in [0.2, 0.25) is 0 Å². The van der Waals surface area contributed by atoms with Gasteiger partial charge in [-0.05, 0) is 40.7 Å². The van der Waals surface area contributed by atoms with E-state index in [4.69, 9.17) is 25.7 Å². The predicted octanol–water partition coefficient (Wildman–Crippen LogP) is 6.62. The Morgan fingerprint density at radius 3 is 2.06 bits per heavy atom. The maximum absolute atomic E-state index is 11.9. The summed E-state index contributed by atoms with van der Waals surface area (Å²) in [5.74, 6) is 0.417. The molecule has 0 aromatic heterocycles. The number of nitriles is 2. The molecular weight excluding hydrogens is 686 g/mol. The Labute approximate surface area is 307 Å². The molecule has 3 N–H and O–H groups in total. The number of para-hydroxylation sites is 3.